The lowest BCUT2D eigenvalue weighted by Crippen LogP contribution is -1.97. The second kappa shape index (κ2) is 5.34. The van der Waals surface area contributed by atoms with Crippen molar-refractivity contribution in [2.45, 2.75) is 26.1 Å². The largest absolute Gasteiger partial charge is 0.113 e. The van der Waals surface area contributed by atoms with Gasteiger partial charge in [-0.25, -0.2) is 0 Å². The minimum atomic E-state index is -0.124. The quantitative estimate of drug-likeness (QED) is 0.628. The van der Waals surface area contributed by atoms with Crippen LogP contribution in [-0.4, -0.2) is 0 Å². The van der Waals surface area contributed by atoms with Gasteiger partial charge in [-0.15, -0.1) is 11.6 Å². The van der Waals surface area contributed by atoms with E-state index in [2.05, 4.69) is 38.1 Å². The first-order valence-corrected chi connectivity index (χ1v) is 6.78. The van der Waals surface area contributed by atoms with Gasteiger partial charge in [0, 0.05) is 5.02 Å². The molecule has 0 heterocycles. The minimum Gasteiger partial charge on any atom is -0.113 e. The molecule has 94 valence electrons. The van der Waals surface area contributed by atoms with Crippen LogP contribution in [0.25, 0.3) is 0 Å². The molecule has 18 heavy (non-hydrogen) atoms. The van der Waals surface area contributed by atoms with Crippen LogP contribution in [0.15, 0.2) is 36.4 Å². The summed E-state index contributed by atoms with van der Waals surface area (Å²) in [4.78, 5) is 0. The molecule has 0 nitrogen and oxygen atoms in total. The summed E-state index contributed by atoms with van der Waals surface area (Å²) in [5.74, 6) is 0. The van der Waals surface area contributed by atoms with Crippen molar-refractivity contribution in [3.05, 3.63) is 69.2 Å². The average Bonchev–Trinajstić information content (AvgIpc) is 2.32. The molecule has 0 aliphatic heterocycles. The van der Waals surface area contributed by atoms with Crippen LogP contribution in [0, 0.1) is 20.8 Å². The van der Waals surface area contributed by atoms with Gasteiger partial charge in [-0.3, -0.25) is 0 Å². The molecule has 0 radical (unpaired) electrons. The number of rotatable bonds is 2. The van der Waals surface area contributed by atoms with Crippen LogP contribution in [0.2, 0.25) is 5.02 Å². The Bertz CT molecular complexity index is 573. The van der Waals surface area contributed by atoms with Crippen LogP contribution in [-0.2, 0) is 0 Å². The Morgan fingerprint density at radius 3 is 2.22 bits per heavy atom. The molecule has 0 fully saturated rings. The van der Waals surface area contributed by atoms with Crippen LogP contribution in [0.1, 0.15) is 33.2 Å². The third kappa shape index (κ3) is 2.71. The van der Waals surface area contributed by atoms with Gasteiger partial charge in [0.05, 0.1) is 5.38 Å². The van der Waals surface area contributed by atoms with Crippen molar-refractivity contribution in [1.82, 2.24) is 0 Å². The molecular weight excluding hydrogens is 263 g/mol. The number of aryl methyl sites for hydroxylation is 3. The number of hydrogen-bond donors (Lipinski definition) is 0. The summed E-state index contributed by atoms with van der Waals surface area (Å²) in [6, 6.07) is 12.3. The van der Waals surface area contributed by atoms with Crippen LogP contribution < -0.4 is 0 Å². The number of alkyl halides is 1. The highest BCUT2D eigenvalue weighted by atomic mass is 35.5. The fraction of sp³-hybridized carbons (Fsp3) is 0.250. The van der Waals surface area contributed by atoms with Gasteiger partial charge in [-0.1, -0.05) is 47.5 Å². The van der Waals surface area contributed by atoms with Gasteiger partial charge >= 0.3 is 0 Å². The second-order valence-corrected chi connectivity index (χ2v) is 5.57. The maximum absolute atomic E-state index is 6.57. The molecular formula is C16H16Cl2. The summed E-state index contributed by atoms with van der Waals surface area (Å²) in [5.41, 5.74) is 5.79. The lowest BCUT2D eigenvalue weighted by molar-refractivity contribution is 1.10. The predicted octanol–water partition coefficient (Wildman–Crippen LogP) is 5.59. The average molecular weight is 279 g/mol. The highest BCUT2D eigenvalue weighted by Gasteiger charge is 2.13. The normalized spacial score (nSPS) is 12.5. The van der Waals surface area contributed by atoms with Crippen molar-refractivity contribution in [1.29, 1.82) is 0 Å². The predicted molar refractivity (Wildman–Crippen MR) is 79.8 cm³/mol. The summed E-state index contributed by atoms with van der Waals surface area (Å²) in [6.07, 6.45) is 0. The van der Waals surface area contributed by atoms with E-state index in [1.165, 1.54) is 11.1 Å². The third-order valence-corrected chi connectivity index (χ3v) is 4.08. The SMILES string of the molecule is Cc1ccc(C(Cl)c2ccc(Cl)c(C)c2)c(C)c1. The zero-order chi connectivity index (χ0) is 13.3. The Hall–Kier alpha value is -0.980. The highest BCUT2D eigenvalue weighted by Crippen LogP contribution is 2.33. The van der Waals surface area contributed by atoms with Crippen LogP contribution >= 0.6 is 23.2 Å². The topological polar surface area (TPSA) is 0 Å². The molecule has 1 atom stereocenters. The van der Waals surface area contributed by atoms with Crippen molar-refractivity contribution in [3.8, 4) is 0 Å². The first-order chi connectivity index (χ1) is 8.49. The zero-order valence-corrected chi connectivity index (χ0v) is 12.3. The van der Waals surface area contributed by atoms with Crippen molar-refractivity contribution in [3.63, 3.8) is 0 Å². The van der Waals surface area contributed by atoms with E-state index in [1.54, 1.807) is 0 Å². The summed E-state index contributed by atoms with van der Waals surface area (Å²) < 4.78 is 0. The molecule has 2 rings (SSSR count). The molecule has 0 bridgehead atoms. The maximum Gasteiger partial charge on any atom is 0.0838 e. The Kier molecular flexibility index (Phi) is 3.99. The van der Waals surface area contributed by atoms with E-state index in [0.29, 0.717) is 0 Å². The highest BCUT2D eigenvalue weighted by molar-refractivity contribution is 6.31. The zero-order valence-electron chi connectivity index (χ0n) is 10.8. The molecule has 0 N–H and O–H groups in total. The summed E-state index contributed by atoms with van der Waals surface area (Å²) >= 11 is 12.6. The molecule has 0 saturated carbocycles. The standard InChI is InChI=1S/C16H16Cl2/c1-10-4-6-14(11(2)8-10)16(18)13-5-7-15(17)12(3)9-13/h4-9,16H,1-3H3. The second-order valence-electron chi connectivity index (χ2n) is 4.73. The molecule has 0 aliphatic carbocycles. The van der Waals surface area contributed by atoms with Crippen molar-refractivity contribution in [2.24, 2.45) is 0 Å². The van der Waals surface area contributed by atoms with Gasteiger partial charge < -0.3 is 0 Å². The van der Waals surface area contributed by atoms with E-state index in [1.807, 2.05) is 19.1 Å². The molecule has 0 saturated heterocycles. The first kappa shape index (κ1) is 13.5. The lowest BCUT2D eigenvalue weighted by atomic mass is 9.97. The van der Waals surface area contributed by atoms with Gasteiger partial charge in [0.25, 0.3) is 0 Å². The maximum atomic E-state index is 6.57. The summed E-state index contributed by atoms with van der Waals surface area (Å²) in [5, 5.41) is 0.657. The molecule has 0 amide bonds. The Labute approximate surface area is 119 Å². The minimum absolute atomic E-state index is 0.124. The molecule has 0 aromatic heterocycles. The smallest absolute Gasteiger partial charge is 0.0838 e. The van der Waals surface area contributed by atoms with Crippen LogP contribution in [0.4, 0.5) is 0 Å². The van der Waals surface area contributed by atoms with Crippen molar-refractivity contribution < 1.29 is 0 Å². The summed E-state index contributed by atoms with van der Waals surface area (Å²) in [6.45, 7) is 6.18. The van der Waals surface area contributed by atoms with Gasteiger partial charge in [0.1, 0.15) is 0 Å². The third-order valence-electron chi connectivity index (χ3n) is 3.17. The Balaban J connectivity index is 2.41. The van der Waals surface area contributed by atoms with Crippen molar-refractivity contribution >= 4 is 23.2 Å². The van der Waals surface area contributed by atoms with Gasteiger partial charge in [-0.05, 0) is 49.1 Å². The molecule has 2 heteroatoms. The first-order valence-electron chi connectivity index (χ1n) is 5.96. The molecule has 2 aromatic carbocycles. The fourth-order valence-electron chi connectivity index (χ4n) is 2.12. The molecule has 0 aliphatic rings. The molecule has 0 spiro atoms. The Morgan fingerprint density at radius 2 is 1.61 bits per heavy atom. The summed E-state index contributed by atoms with van der Waals surface area (Å²) in [7, 11) is 0. The number of hydrogen-bond acceptors (Lipinski definition) is 0. The Morgan fingerprint density at radius 1 is 0.889 bits per heavy atom. The van der Waals surface area contributed by atoms with E-state index in [9.17, 15) is 0 Å². The van der Waals surface area contributed by atoms with Gasteiger partial charge in [-0.2, -0.15) is 0 Å². The van der Waals surface area contributed by atoms with E-state index in [0.717, 1.165) is 21.7 Å². The fourth-order valence-corrected chi connectivity index (χ4v) is 2.61. The van der Waals surface area contributed by atoms with Crippen LogP contribution in [0.3, 0.4) is 0 Å². The molecule has 1 unspecified atom stereocenters. The molecule has 2 aromatic rings. The van der Waals surface area contributed by atoms with E-state index in [-0.39, 0.29) is 5.38 Å². The number of halogens is 2. The van der Waals surface area contributed by atoms with E-state index >= 15 is 0 Å². The van der Waals surface area contributed by atoms with E-state index in [4.69, 9.17) is 23.2 Å². The van der Waals surface area contributed by atoms with Gasteiger partial charge in [0.15, 0.2) is 0 Å². The lowest BCUT2D eigenvalue weighted by Gasteiger charge is -2.15. The van der Waals surface area contributed by atoms with Gasteiger partial charge in [0.2, 0.25) is 0 Å². The monoisotopic (exact) mass is 278 g/mol. The van der Waals surface area contributed by atoms with Crippen LogP contribution in [0.5, 0.6) is 0 Å². The number of benzene rings is 2. The van der Waals surface area contributed by atoms with E-state index < -0.39 is 0 Å². The van der Waals surface area contributed by atoms with Crippen molar-refractivity contribution in [2.75, 3.05) is 0 Å².